The molecule has 0 spiro atoms. The van der Waals surface area contributed by atoms with Crippen molar-refractivity contribution in [1.29, 1.82) is 0 Å². The van der Waals surface area contributed by atoms with Crippen LogP contribution in [0.2, 0.25) is 0 Å². The smallest absolute Gasteiger partial charge is 0.227 e. The maximum atomic E-state index is 12.3. The van der Waals surface area contributed by atoms with Gasteiger partial charge in [0.1, 0.15) is 0 Å². The van der Waals surface area contributed by atoms with E-state index in [1.165, 1.54) is 6.42 Å². The zero-order chi connectivity index (χ0) is 15.5. The van der Waals surface area contributed by atoms with Crippen LogP contribution >= 0.6 is 11.3 Å². The van der Waals surface area contributed by atoms with Crippen molar-refractivity contribution in [3.05, 3.63) is 22.7 Å². The lowest BCUT2D eigenvalue weighted by atomic mass is 9.91. The molecule has 6 heteroatoms. The van der Waals surface area contributed by atoms with Gasteiger partial charge >= 0.3 is 0 Å². The largest absolute Gasteiger partial charge is 0.342 e. The minimum Gasteiger partial charge on any atom is -0.342 e. The van der Waals surface area contributed by atoms with Crippen LogP contribution in [-0.2, 0) is 11.2 Å². The van der Waals surface area contributed by atoms with Crippen LogP contribution in [-0.4, -0.2) is 34.0 Å². The maximum absolute atomic E-state index is 12.3. The first kappa shape index (κ1) is 15.2. The summed E-state index contributed by atoms with van der Waals surface area (Å²) in [4.78, 5) is 18.7. The van der Waals surface area contributed by atoms with Crippen molar-refractivity contribution in [2.45, 2.75) is 33.1 Å². The summed E-state index contributed by atoms with van der Waals surface area (Å²) in [5, 5.41) is 7.93. The third kappa shape index (κ3) is 3.55. The quantitative estimate of drug-likeness (QED) is 0.868. The molecule has 3 rings (SSSR count). The van der Waals surface area contributed by atoms with E-state index in [0.717, 1.165) is 18.7 Å². The van der Waals surface area contributed by atoms with Crippen LogP contribution < -0.4 is 0 Å². The van der Waals surface area contributed by atoms with E-state index in [-0.39, 0.29) is 5.91 Å². The fourth-order valence-electron chi connectivity index (χ4n) is 3.10. The van der Waals surface area contributed by atoms with Gasteiger partial charge in [0.2, 0.25) is 17.6 Å². The molecule has 1 saturated heterocycles. The molecule has 5 nitrogen and oxygen atoms in total. The van der Waals surface area contributed by atoms with Gasteiger partial charge in [-0.3, -0.25) is 4.79 Å². The van der Waals surface area contributed by atoms with Gasteiger partial charge in [-0.05, 0) is 29.7 Å². The van der Waals surface area contributed by atoms with Crippen molar-refractivity contribution >= 4 is 17.2 Å². The fraction of sp³-hybridized carbons (Fsp3) is 0.562. The van der Waals surface area contributed by atoms with Crippen molar-refractivity contribution in [2.75, 3.05) is 13.1 Å². The number of aromatic nitrogens is 2. The van der Waals surface area contributed by atoms with Gasteiger partial charge in [-0.2, -0.15) is 16.3 Å². The highest BCUT2D eigenvalue weighted by Gasteiger charge is 2.25. The van der Waals surface area contributed by atoms with Gasteiger partial charge in [0, 0.05) is 36.9 Å². The Morgan fingerprint density at radius 2 is 2.18 bits per heavy atom. The Hall–Kier alpha value is -1.69. The Bertz CT molecular complexity index is 613. The molecule has 0 aromatic carbocycles. The summed E-state index contributed by atoms with van der Waals surface area (Å²) in [6.07, 6.45) is 2.15. The van der Waals surface area contributed by atoms with E-state index in [1.807, 2.05) is 21.7 Å². The number of thiophene rings is 1. The Kier molecular flexibility index (Phi) is 4.57. The number of nitrogens with zero attached hydrogens (tertiary/aromatic N) is 3. The van der Waals surface area contributed by atoms with Gasteiger partial charge < -0.3 is 9.42 Å². The van der Waals surface area contributed by atoms with E-state index >= 15 is 0 Å². The molecule has 2 atom stereocenters. The number of rotatable bonds is 4. The van der Waals surface area contributed by atoms with Crippen LogP contribution in [0.1, 0.15) is 32.6 Å². The van der Waals surface area contributed by atoms with E-state index in [0.29, 0.717) is 36.4 Å². The van der Waals surface area contributed by atoms with Gasteiger partial charge in [0.15, 0.2) is 0 Å². The third-order valence-corrected chi connectivity index (χ3v) is 4.70. The average Bonchev–Trinajstić information content (AvgIpc) is 3.14. The molecule has 1 aliphatic heterocycles. The number of likely N-dealkylation sites (tertiary alicyclic amines) is 1. The summed E-state index contributed by atoms with van der Waals surface area (Å²) in [5.41, 5.74) is 0.963. The Morgan fingerprint density at radius 1 is 1.41 bits per heavy atom. The molecule has 2 aromatic heterocycles. The lowest BCUT2D eigenvalue weighted by Crippen LogP contribution is -2.42. The summed E-state index contributed by atoms with van der Waals surface area (Å²) in [6, 6.07) is 1.96. The number of hydrogen-bond donors (Lipinski definition) is 0. The molecule has 0 bridgehead atoms. The lowest BCUT2D eigenvalue weighted by molar-refractivity contribution is -0.133. The van der Waals surface area contributed by atoms with Crippen molar-refractivity contribution < 1.29 is 9.32 Å². The van der Waals surface area contributed by atoms with Crippen molar-refractivity contribution in [3.63, 3.8) is 0 Å². The van der Waals surface area contributed by atoms with E-state index in [4.69, 9.17) is 4.52 Å². The highest BCUT2D eigenvalue weighted by molar-refractivity contribution is 7.08. The minimum atomic E-state index is 0.189. The lowest BCUT2D eigenvalue weighted by Gasteiger charge is -2.35. The highest BCUT2D eigenvalue weighted by Crippen LogP contribution is 2.22. The van der Waals surface area contributed by atoms with Gasteiger partial charge in [0.05, 0.1) is 0 Å². The van der Waals surface area contributed by atoms with Crippen molar-refractivity contribution in [1.82, 2.24) is 15.0 Å². The van der Waals surface area contributed by atoms with Gasteiger partial charge in [-0.25, -0.2) is 0 Å². The van der Waals surface area contributed by atoms with E-state index in [2.05, 4.69) is 24.0 Å². The molecular formula is C16H21N3O2S. The maximum Gasteiger partial charge on any atom is 0.227 e. The number of piperidine rings is 1. The van der Waals surface area contributed by atoms with Crippen LogP contribution in [0.25, 0.3) is 11.4 Å². The first-order valence-corrected chi connectivity index (χ1v) is 8.69. The molecule has 0 radical (unpaired) electrons. The molecule has 0 N–H and O–H groups in total. The monoisotopic (exact) mass is 319 g/mol. The minimum absolute atomic E-state index is 0.189. The third-order valence-electron chi connectivity index (χ3n) is 4.02. The molecule has 118 valence electrons. The molecule has 2 aromatic rings. The normalized spacial score (nSPS) is 22.0. The number of amides is 1. The molecule has 1 aliphatic rings. The first-order valence-electron chi connectivity index (χ1n) is 7.74. The molecule has 3 heterocycles. The fourth-order valence-corrected chi connectivity index (χ4v) is 3.74. The molecule has 22 heavy (non-hydrogen) atoms. The van der Waals surface area contributed by atoms with Crippen molar-refractivity contribution in [3.8, 4) is 11.4 Å². The molecule has 0 aliphatic carbocycles. The van der Waals surface area contributed by atoms with E-state index in [1.54, 1.807) is 11.3 Å². The second kappa shape index (κ2) is 6.60. The Morgan fingerprint density at radius 3 is 2.86 bits per heavy atom. The molecule has 1 fully saturated rings. The highest BCUT2D eigenvalue weighted by atomic mass is 32.1. The number of carbonyl (C=O) groups excluding carboxylic acids is 1. The predicted octanol–water partition coefficient (Wildman–Crippen LogP) is 3.24. The average molecular weight is 319 g/mol. The Balaban J connectivity index is 1.55. The molecule has 0 saturated carbocycles. The Labute approximate surface area is 134 Å². The van der Waals surface area contributed by atoms with E-state index in [9.17, 15) is 4.79 Å². The van der Waals surface area contributed by atoms with Crippen LogP contribution in [0.5, 0.6) is 0 Å². The summed E-state index contributed by atoms with van der Waals surface area (Å²) < 4.78 is 5.24. The molecule has 1 amide bonds. The predicted molar refractivity (Wildman–Crippen MR) is 85.5 cm³/mol. The zero-order valence-electron chi connectivity index (χ0n) is 13.0. The second-order valence-corrected chi connectivity index (χ2v) is 7.05. The topological polar surface area (TPSA) is 59.2 Å². The molecular weight excluding hydrogens is 298 g/mol. The first-order chi connectivity index (χ1) is 10.6. The second-order valence-electron chi connectivity index (χ2n) is 6.27. The zero-order valence-corrected chi connectivity index (χ0v) is 13.8. The van der Waals surface area contributed by atoms with Gasteiger partial charge in [0.25, 0.3) is 0 Å². The molecule has 2 unspecified atom stereocenters. The van der Waals surface area contributed by atoms with Crippen molar-refractivity contribution in [2.24, 2.45) is 11.8 Å². The summed E-state index contributed by atoms with van der Waals surface area (Å²) in [5.74, 6) is 2.49. The number of carbonyl (C=O) groups is 1. The SMILES string of the molecule is CC1CC(C)CN(C(=O)CCc2nc(-c3ccsc3)no2)C1. The number of aryl methyl sites for hydroxylation is 1. The van der Waals surface area contributed by atoms with Gasteiger partial charge in [-0.1, -0.05) is 19.0 Å². The summed E-state index contributed by atoms with van der Waals surface area (Å²) in [7, 11) is 0. The summed E-state index contributed by atoms with van der Waals surface area (Å²) >= 11 is 1.60. The van der Waals surface area contributed by atoms with Crippen LogP contribution in [0.15, 0.2) is 21.3 Å². The standard InChI is InChI=1S/C16H21N3O2S/c1-11-7-12(2)9-19(8-11)15(20)4-3-14-17-16(18-21-14)13-5-6-22-10-13/h5-6,10-12H,3-4,7-9H2,1-2H3. The van der Waals surface area contributed by atoms with Crippen LogP contribution in [0.3, 0.4) is 0 Å². The summed E-state index contributed by atoms with van der Waals surface area (Å²) in [6.45, 7) is 6.16. The van der Waals surface area contributed by atoms with Crippen LogP contribution in [0, 0.1) is 11.8 Å². The van der Waals surface area contributed by atoms with E-state index < -0.39 is 0 Å². The number of hydrogen-bond acceptors (Lipinski definition) is 5. The van der Waals surface area contributed by atoms with Gasteiger partial charge in [-0.15, -0.1) is 0 Å². The van der Waals surface area contributed by atoms with Crippen LogP contribution in [0.4, 0.5) is 0 Å².